The first-order valence-corrected chi connectivity index (χ1v) is 26.0. The lowest BCUT2D eigenvalue weighted by Gasteiger charge is -2.42. The molecule has 11 unspecified atom stereocenters. The van der Waals surface area contributed by atoms with Crippen molar-refractivity contribution in [3.8, 4) is 0 Å². The molecule has 2 heterocycles. The van der Waals surface area contributed by atoms with Crippen molar-refractivity contribution in [1.29, 1.82) is 0 Å². The molecule has 392 valence electrons. The summed E-state index contributed by atoms with van der Waals surface area (Å²) >= 11 is 0. The Morgan fingerprint density at radius 2 is 0.956 bits per heavy atom. The highest BCUT2D eigenvalue weighted by molar-refractivity contribution is 5.69. The van der Waals surface area contributed by atoms with Crippen LogP contribution in [0.3, 0.4) is 0 Å². The first kappa shape index (κ1) is 61.5. The Morgan fingerprint density at radius 1 is 0.500 bits per heavy atom. The monoisotopic (exact) mass is 965 g/mol. The zero-order valence-electron chi connectivity index (χ0n) is 41.6. The summed E-state index contributed by atoms with van der Waals surface area (Å²) in [6.07, 6.45) is 34.0. The third kappa shape index (κ3) is 28.3. The van der Waals surface area contributed by atoms with Crippen molar-refractivity contribution in [2.24, 2.45) is 0 Å². The van der Waals surface area contributed by atoms with Gasteiger partial charge in [0.15, 0.2) is 12.6 Å². The Balaban J connectivity index is 1.77. The van der Waals surface area contributed by atoms with E-state index < -0.39 is 86.7 Å². The molecule has 2 fully saturated rings. The van der Waals surface area contributed by atoms with Gasteiger partial charge in [0.1, 0.15) is 54.9 Å². The second-order valence-electron chi connectivity index (χ2n) is 18.0. The first-order valence-electron chi connectivity index (χ1n) is 26.0. The maximum absolute atomic E-state index is 13.0. The van der Waals surface area contributed by atoms with Crippen LogP contribution >= 0.6 is 0 Å². The van der Waals surface area contributed by atoms with E-state index in [-0.39, 0.29) is 19.6 Å². The molecule has 11 atom stereocenters. The molecule has 7 N–H and O–H groups in total. The molecule has 0 radical (unpaired) electrons. The van der Waals surface area contributed by atoms with E-state index in [1.165, 1.54) is 51.4 Å². The highest BCUT2D eigenvalue weighted by Crippen LogP contribution is 2.26. The number of allylic oxidation sites excluding steroid dienone is 12. The van der Waals surface area contributed by atoms with Crippen LogP contribution in [0.4, 0.5) is 0 Å². The molecule has 0 spiro atoms. The number of hydrogen-bond donors (Lipinski definition) is 7. The third-order valence-corrected chi connectivity index (χ3v) is 12.0. The molecular formula is C54H92O14. The maximum atomic E-state index is 13.0. The minimum Gasteiger partial charge on any atom is -0.457 e. The summed E-state index contributed by atoms with van der Waals surface area (Å²) < 4.78 is 34.2. The molecule has 0 saturated carbocycles. The van der Waals surface area contributed by atoms with Crippen LogP contribution in [0.5, 0.6) is 0 Å². The zero-order valence-corrected chi connectivity index (χ0v) is 41.6. The van der Waals surface area contributed by atoms with E-state index in [1.54, 1.807) is 0 Å². The van der Waals surface area contributed by atoms with Crippen molar-refractivity contribution in [3.63, 3.8) is 0 Å². The van der Waals surface area contributed by atoms with E-state index >= 15 is 0 Å². The topological polar surface area (TPSA) is 214 Å². The number of aliphatic hydroxyl groups excluding tert-OH is 7. The summed E-state index contributed by atoms with van der Waals surface area (Å²) in [5, 5.41) is 72.1. The van der Waals surface area contributed by atoms with Crippen molar-refractivity contribution in [3.05, 3.63) is 72.9 Å². The summed E-state index contributed by atoms with van der Waals surface area (Å²) in [7, 11) is 0. The molecule has 2 aliphatic heterocycles. The van der Waals surface area contributed by atoms with Gasteiger partial charge in [-0.25, -0.2) is 0 Å². The second-order valence-corrected chi connectivity index (χ2v) is 18.0. The van der Waals surface area contributed by atoms with Gasteiger partial charge in [-0.1, -0.05) is 164 Å². The van der Waals surface area contributed by atoms with Crippen molar-refractivity contribution in [2.45, 2.75) is 229 Å². The second kappa shape index (κ2) is 41.1. The largest absolute Gasteiger partial charge is 0.457 e. The summed E-state index contributed by atoms with van der Waals surface area (Å²) in [5.41, 5.74) is 0. The van der Waals surface area contributed by atoms with Crippen LogP contribution in [0.25, 0.3) is 0 Å². The zero-order chi connectivity index (χ0) is 49.5. The highest BCUT2D eigenvalue weighted by atomic mass is 16.7. The molecule has 68 heavy (non-hydrogen) atoms. The van der Waals surface area contributed by atoms with Gasteiger partial charge in [-0.05, 0) is 64.2 Å². The molecular weight excluding hydrogens is 873 g/mol. The summed E-state index contributed by atoms with van der Waals surface area (Å²) in [4.78, 5) is 13.0. The number of unbranched alkanes of at least 4 members (excludes halogenated alkanes) is 14. The Bertz CT molecular complexity index is 1400. The van der Waals surface area contributed by atoms with Gasteiger partial charge in [0.05, 0.1) is 26.4 Å². The number of carbonyl (C=O) groups is 1. The summed E-state index contributed by atoms with van der Waals surface area (Å²) in [6, 6.07) is 0. The fraction of sp³-hybridized carbons (Fsp3) is 0.759. The van der Waals surface area contributed by atoms with Crippen molar-refractivity contribution in [1.82, 2.24) is 0 Å². The number of aliphatic hydroxyl groups is 7. The average Bonchev–Trinajstić information content (AvgIpc) is 3.33. The Kier molecular flexibility index (Phi) is 37.2. The van der Waals surface area contributed by atoms with Crippen molar-refractivity contribution < 1.29 is 69.0 Å². The molecule has 0 amide bonds. The predicted molar refractivity (Wildman–Crippen MR) is 265 cm³/mol. The van der Waals surface area contributed by atoms with Crippen LogP contribution in [0, 0.1) is 0 Å². The number of hydrogen-bond acceptors (Lipinski definition) is 14. The Labute approximate surface area is 408 Å². The van der Waals surface area contributed by atoms with E-state index in [2.05, 4.69) is 86.8 Å². The molecule has 0 aromatic carbocycles. The maximum Gasteiger partial charge on any atom is 0.306 e. The van der Waals surface area contributed by atoms with Crippen LogP contribution in [0.15, 0.2) is 72.9 Å². The average molecular weight is 965 g/mol. The van der Waals surface area contributed by atoms with Gasteiger partial charge in [-0.3, -0.25) is 4.79 Å². The Morgan fingerprint density at radius 3 is 1.49 bits per heavy atom. The van der Waals surface area contributed by atoms with Crippen molar-refractivity contribution in [2.75, 3.05) is 33.0 Å². The fourth-order valence-electron chi connectivity index (χ4n) is 7.76. The van der Waals surface area contributed by atoms with Crippen LogP contribution in [0.2, 0.25) is 0 Å². The Hall–Kier alpha value is -2.57. The first-order chi connectivity index (χ1) is 33.1. The summed E-state index contributed by atoms with van der Waals surface area (Å²) in [6.45, 7) is 3.47. The number of esters is 1. The van der Waals surface area contributed by atoms with Gasteiger partial charge < -0.3 is 64.2 Å². The molecule has 2 saturated heterocycles. The lowest BCUT2D eigenvalue weighted by Crippen LogP contribution is -2.61. The summed E-state index contributed by atoms with van der Waals surface area (Å²) in [5.74, 6) is -0.392. The van der Waals surface area contributed by atoms with Gasteiger partial charge in [-0.2, -0.15) is 0 Å². The van der Waals surface area contributed by atoms with Gasteiger partial charge in [-0.15, -0.1) is 0 Å². The quantitative estimate of drug-likeness (QED) is 0.0177. The third-order valence-electron chi connectivity index (χ3n) is 12.0. The minimum atomic E-state index is -1.71. The highest BCUT2D eigenvalue weighted by Gasteiger charge is 2.47. The van der Waals surface area contributed by atoms with E-state index in [9.17, 15) is 40.5 Å². The van der Waals surface area contributed by atoms with E-state index in [4.69, 9.17) is 28.4 Å². The SMILES string of the molecule is CC/C=C\C/C=C\C/C=C\C/C=C\C/C=C\C/C=C\CCCCCOCC(COC1OC(COC2OC(CO)C(O)C(O)C2O)C(O)C(O)C1O)OC(=O)CCCCCCCCCCCCCC. The molecule has 14 nitrogen and oxygen atoms in total. The van der Waals surface area contributed by atoms with Crippen LogP contribution in [0.1, 0.15) is 162 Å². The number of rotatable bonds is 40. The number of ether oxygens (including phenoxy) is 6. The van der Waals surface area contributed by atoms with Gasteiger partial charge in [0.25, 0.3) is 0 Å². The van der Waals surface area contributed by atoms with Crippen LogP contribution in [-0.4, -0.2) is 142 Å². The molecule has 2 aliphatic rings. The smallest absolute Gasteiger partial charge is 0.306 e. The van der Waals surface area contributed by atoms with E-state index in [0.29, 0.717) is 13.0 Å². The lowest BCUT2D eigenvalue weighted by atomic mass is 9.98. The van der Waals surface area contributed by atoms with Crippen molar-refractivity contribution >= 4 is 5.97 Å². The standard InChI is InChI=1S/C54H92O14/c1-3-5-7-9-11-13-15-17-18-19-20-21-22-23-24-25-26-28-30-32-34-36-38-63-40-43(66-46(56)37-35-33-31-29-27-16-14-12-10-8-6-4-2)41-64-53-52(62)50(60)48(58)45(68-53)42-65-54-51(61)49(59)47(57)44(39-55)67-54/h5,7,11,13,17-18,20-21,23-24,26,28,43-45,47-55,57-62H,3-4,6,8-10,12,14-16,19,22,25,27,29-42H2,1-2H3/b7-5-,13-11-,18-17-,21-20-,24-23-,28-26-. The van der Waals surface area contributed by atoms with Gasteiger partial charge >= 0.3 is 5.97 Å². The molecule has 2 rings (SSSR count). The van der Waals surface area contributed by atoms with Gasteiger partial charge in [0, 0.05) is 13.0 Å². The normalized spacial score (nSPS) is 26.5. The minimum absolute atomic E-state index is 0.0367. The molecule has 14 heteroatoms. The van der Waals surface area contributed by atoms with Crippen LogP contribution < -0.4 is 0 Å². The lowest BCUT2D eigenvalue weighted by molar-refractivity contribution is -0.332. The molecule has 0 aromatic rings. The fourth-order valence-corrected chi connectivity index (χ4v) is 7.76. The molecule has 0 aliphatic carbocycles. The van der Waals surface area contributed by atoms with Crippen LogP contribution in [-0.2, 0) is 33.2 Å². The van der Waals surface area contributed by atoms with E-state index in [0.717, 1.165) is 83.5 Å². The van der Waals surface area contributed by atoms with Gasteiger partial charge in [0.2, 0.25) is 0 Å². The number of carbonyl (C=O) groups excluding carboxylic acids is 1. The molecule has 0 aromatic heterocycles. The van der Waals surface area contributed by atoms with E-state index in [1.807, 2.05) is 0 Å². The molecule has 0 bridgehead atoms. The predicted octanol–water partition coefficient (Wildman–Crippen LogP) is 7.90.